The zero-order valence-electron chi connectivity index (χ0n) is 21.7. The molecule has 0 bridgehead atoms. The summed E-state index contributed by atoms with van der Waals surface area (Å²) in [6.07, 6.45) is 0. The zero-order valence-corrected chi connectivity index (χ0v) is 24.7. The number of hydrogen-bond donors (Lipinski definition) is 6. The molecule has 8 nitrogen and oxygen atoms in total. The van der Waals surface area contributed by atoms with E-state index in [1.807, 2.05) is 93.7 Å². The average molecular weight is 617 g/mol. The number of nitrogens with one attached hydrogen (secondary N) is 4. The van der Waals surface area contributed by atoms with Crippen LogP contribution in [0.3, 0.4) is 0 Å². The van der Waals surface area contributed by atoms with Crippen LogP contribution in [0.1, 0.15) is 46.8 Å². The van der Waals surface area contributed by atoms with Crippen LogP contribution in [-0.4, -0.2) is 35.1 Å². The first-order valence-electron chi connectivity index (χ1n) is 11.8. The number of alkyl halides is 2. The molecule has 0 fully saturated rings. The van der Waals surface area contributed by atoms with E-state index in [-0.39, 0.29) is 17.9 Å². The maximum Gasteiger partial charge on any atom is 0.335 e. The Balaban J connectivity index is 0.000000335. The van der Waals surface area contributed by atoms with Crippen molar-refractivity contribution in [3.63, 3.8) is 0 Å². The molecule has 12 heteroatoms. The van der Waals surface area contributed by atoms with Gasteiger partial charge in [-0.15, -0.1) is 23.2 Å². The Bertz CT molecular complexity index is 1150. The number of hydroxylamine groups is 1. The Morgan fingerprint density at radius 1 is 0.923 bits per heavy atom. The molecule has 0 aromatic heterocycles. The number of halogens is 4. The number of nitrogens with two attached hydrogens (primary N) is 1. The van der Waals surface area contributed by atoms with Crippen LogP contribution in [-0.2, 0) is 6.54 Å². The molecular formula is C27H33Cl4N5O3. The molecule has 1 unspecified atom stereocenters. The van der Waals surface area contributed by atoms with E-state index in [1.54, 1.807) is 0 Å². The number of benzene rings is 3. The topological polar surface area (TPSA) is 129 Å². The van der Waals surface area contributed by atoms with Crippen LogP contribution in [0.25, 0.3) is 0 Å². The minimum absolute atomic E-state index is 0.0249. The number of rotatable bonds is 8. The van der Waals surface area contributed by atoms with E-state index < -0.39 is 10.9 Å². The highest BCUT2D eigenvalue weighted by Gasteiger charge is 2.23. The summed E-state index contributed by atoms with van der Waals surface area (Å²) < 4.78 is 0. The monoisotopic (exact) mass is 615 g/mol. The second-order valence-corrected chi connectivity index (χ2v) is 10.3. The quantitative estimate of drug-likeness (QED) is 0.105. The first-order valence-corrected chi connectivity index (χ1v) is 13.4. The van der Waals surface area contributed by atoms with Gasteiger partial charge < -0.3 is 11.1 Å². The van der Waals surface area contributed by atoms with E-state index in [0.717, 1.165) is 23.2 Å². The molecule has 7 N–H and O–H groups in total. The smallest absolute Gasteiger partial charge is 0.335 e. The van der Waals surface area contributed by atoms with E-state index >= 15 is 0 Å². The standard InChI is InChI=1S/C14H10Cl4.C12H19N3O.CH4N2O2/c15-10-7-5-9(6-8-10)13(14(17)18)11-3-1-2-4-12(11)16;1-9(2)15-12(16)11-6-4-10(5-7-11)8-14-13-3;2-1(4)3-5/h1-8,13-14H;4-7,9,13-14H,8H2,1-3H3,(H,15,16);5H,(H3,2,3,4). The minimum atomic E-state index is -0.940. The van der Waals surface area contributed by atoms with E-state index in [1.165, 1.54) is 5.48 Å². The Kier molecular flexibility index (Phi) is 16.5. The van der Waals surface area contributed by atoms with Gasteiger partial charge in [-0.05, 0) is 67.9 Å². The van der Waals surface area contributed by atoms with Crippen LogP contribution in [0.5, 0.6) is 0 Å². The van der Waals surface area contributed by atoms with Crippen LogP contribution >= 0.6 is 46.4 Å². The van der Waals surface area contributed by atoms with Crippen molar-refractivity contribution in [2.45, 2.75) is 37.2 Å². The van der Waals surface area contributed by atoms with Crippen LogP contribution < -0.4 is 27.4 Å². The first kappa shape index (κ1) is 34.5. The molecule has 1 atom stereocenters. The average Bonchev–Trinajstić information content (AvgIpc) is 2.90. The van der Waals surface area contributed by atoms with Crippen molar-refractivity contribution in [2.24, 2.45) is 5.73 Å². The van der Waals surface area contributed by atoms with Crippen LogP contribution in [0.4, 0.5) is 4.79 Å². The second kappa shape index (κ2) is 18.7. The van der Waals surface area contributed by atoms with Gasteiger partial charge in [0.05, 0.1) is 0 Å². The predicted molar refractivity (Wildman–Crippen MR) is 160 cm³/mol. The minimum Gasteiger partial charge on any atom is -0.350 e. The third kappa shape index (κ3) is 13.4. The fraction of sp³-hybridized carbons (Fsp3) is 0.259. The molecule has 39 heavy (non-hydrogen) atoms. The molecule has 212 valence electrons. The van der Waals surface area contributed by atoms with Crippen LogP contribution in [0.15, 0.2) is 72.8 Å². The Labute approximate surface area is 249 Å². The number of hydrogen-bond acceptors (Lipinski definition) is 5. The first-order chi connectivity index (χ1) is 18.5. The van der Waals surface area contributed by atoms with Gasteiger partial charge in [0.25, 0.3) is 5.91 Å². The molecule has 0 spiro atoms. The largest absolute Gasteiger partial charge is 0.350 e. The van der Waals surface area contributed by atoms with Gasteiger partial charge in [0.2, 0.25) is 0 Å². The molecule has 0 aliphatic carbocycles. The molecule has 3 amide bonds. The fourth-order valence-corrected chi connectivity index (χ4v) is 4.11. The molecule has 0 aliphatic heterocycles. The van der Waals surface area contributed by atoms with E-state index in [2.05, 4.69) is 21.9 Å². The second-order valence-electron chi connectivity index (χ2n) is 8.29. The summed E-state index contributed by atoms with van der Waals surface area (Å²) in [6.45, 7) is 4.63. The number of hydrazine groups is 1. The lowest BCUT2D eigenvalue weighted by Gasteiger charge is -2.20. The fourth-order valence-electron chi connectivity index (χ4n) is 3.17. The number of carbonyl (C=O) groups is 2. The van der Waals surface area contributed by atoms with E-state index in [0.29, 0.717) is 15.6 Å². The maximum atomic E-state index is 11.6. The molecule has 0 aliphatic rings. The summed E-state index contributed by atoms with van der Waals surface area (Å²) in [4.78, 5) is 20.3. The van der Waals surface area contributed by atoms with Gasteiger partial charge in [-0.2, -0.15) is 0 Å². The van der Waals surface area contributed by atoms with E-state index in [9.17, 15) is 9.59 Å². The molecule has 0 saturated heterocycles. The third-order valence-electron chi connectivity index (χ3n) is 4.94. The predicted octanol–water partition coefficient (Wildman–Crippen LogP) is 6.02. The summed E-state index contributed by atoms with van der Waals surface area (Å²) in [7, 11) is 1.82. The Morgan fingerprint density at radius 3 is 1.95 bits per heavy atom. The molecule has 3 aromatic carbocycles. The third-order valence-corrected chi connectivity index (χ3v) is 6.04. The summed E-state index contributed by atoms with van der Waals surface area (Å²) in [5, 5.41) is 11.6. The lowest BCUT2D eigenvalue weighted by Crippen LogP contribution is -2.30. The van der Waals surface area contributed by atoms with Crippen molar-refractivity contribution < 1.29 is 14.8 Å². The van der Waals surface area contributed by atoms with Crippen molar-refractivity contribution in [3.8, 4) is 0 Å². The molecule has 0 radical (unpaired) electrons. The van der Waals surface area contributed by atoms with Gasteiger partial charge >= 0.3 is 6.03 Å². The lowest BCUT2D eigenvalue weighted by molar-refractivity contribution is 0.0943. The van der Waals surface area contributed by atoms with Crippen molar-refractivity contribution in [2.75, 3.05) is 7.05 Å². The number of carbonyl (C=O) groups excluding carboxylic acids is 2. The molecule has 0 heterocycles. The Morgan fingerprint density at radius 2 is 1.49 bits per heavy atom. The van der Waals surface area contributed by atoms with Gasteiger partial charge in [0.1, 0.15) is 4.84 Å². The SMILES string of the molecule is CNNCc1ccc(C(=O)NC(C)C)cc1.Clc1ccc(C(c2ccccc2Cl)C(Cl)Cl)cc1.NC(=O)NO. The summed E-state index contributed by atoms with van der Waals surface area (Å²) in [6, 6.07) is 21.8. The summed E-state index contributed by atoms with van der Waals surface area (Å²) in [5.74, 6) is -0.192. The van der Waals surface area contributed by atoms with Gasteiger partial charge in [0, 0.05) is 34.1 Å². The normalized spacial score (nSPS) is 11.0. The van der Waals surface area contributed by atoms with Gasteiger partial charge in [-0.1, -0.05) is 65.7 Å². The number of primary amides is 1. The molecule has 3 rings (SSSR count). The molecule has 0 saturated carbocycles. The summed E-state index contributed by atoms with van der Waals surface area (Å²) in [5.41, 5.74) is 15.0. The van der Waals surface area contributed by atoms with Crippen molar-refractivity contribution in [1.82, 2.24) is 21.6 Å². The zero-order chi connectivity index (χ0) is 29.4. The molecular weight excluding hydrogens is 584 g/mol. The summed E-state index contributed by atoms with van der Waals surface area (Å²) >= 11 is 24.3. The van der Waals surface area contributed by atoms with Crippen LogP contribution in [0.2, 0.25) is 10.0 Å². The lowest BCUT2D eigenvalue weighted by atomic mass is 9.93. The van der Waals surface area contributed by atoms with Crippen molar-refractivity contribution in [3.05, 3.63) is 105 Å². The Hall–Kier alpha value is -2.56. The van der Waals surface area contributed by atoms with Gasteiger partial charge in [-0.25, -0.2) is 10.3 Å². The highest BCUT2D eigenvalue weighted by molar-refractivity contribution is 6.45. The number of urea groups is 1. The van der Waals surface area contributed by atoms with Crippen molar-refractivity contribution in [1.29, 1.82) is 0 Å². The maximum absolute atomic E-state index is 11.6. The highest BCUT2D eigenvalue weighted by Crippen LogP contribution is 2.37. The molecule has 3 aromatic rings. The van der Waals surface area contributed by atoms with Crippen LogP contribution in [0, 0.1) is 0 Å². The highest BCUT2D eigenvalue weighted by atomic mass is 35.5. The van der Waals surface area contributed by atoms with E-state index in [4.69, 9.17) is 51.6 Å². The van der Waals surface area contributed by atoms with Gasteiger partial charge in [0.15, 0.2) is 0 Å². The number of amides is 3. The van der Waals surface area contributed by atoms with Gasteiger partial charge in [-0.3, -0.25) is 20.9 Å². The van der Waals surface area contributed by atoms with Crippen molar-refractivity contribution >= 4 is 58.3 Å².